The Morgan fingerprint density at radius 2 is 1.94 bits per heavy atom. The average Bonchev–Trinajstić information content (AvgIpc) is 2.67. The number of hydrogen-bond acceptors (Lipinski definition) is 3. The first kappa shape index (κ1) is 13.2. The lowest BCUT2D eigenvalue weighted by Gasteiger charge is -2.33. The van der Waals surface area contributed by atoms with Crippen molar-refractivity contribution in [2.24, 2.45) is 5.92 Å². The van der Waals surface area contributed by atoms with Gasteiger partial charge >= 0.3 is 0 Å². The van der Waals surface area contributed by atoms with E-state index in [9.17, 15) is 0 Å². The molecule has 0 aliphatic carbocycles. The molecule has 0 radical (unpaired) electrons. The van der Waals surface area contributed by atoms with Crippen LogP contribution in [0.2, 0.25) is 0 Å². The smallest absolute Gasteiger partial charge is 0.150 e. The topological polar surface area (TPSA) is 47.1 Å². The van der Waals surface area contributed by atoms with E-state index in [1.165, 1.54) is 25.7 Å². The molecule has 1 fully saturated rings. The summed E-state index contributed by atoms with van der Waals surface area (Å²) < 4.78 is 2.05. The molecule has 0 bridgehead atoms. The van der Waals surface area contributed by atoms with Gasteiger partial charge in [-0.1, -0.05) is 19.8 Å². The molecule has 0 unspecified atom stereocenters. The van der Waals surface area contributed by atoms with Crippen molar-refractivity contribution in [3.05, 3.63) is 5.69 Å². The van der Waals surface area contributed by atoms with Gasteiger partial charge in [0.25, 0.3) is 0 Å². The minimum atomic E-state index is 0.866. The van der Waals surface area contributed by atoms with Gasteiger partial charge in [-0.05, 0) is 32.6 Å². The Morgan fingerprint density at radius 1 is 1.28 bits per heavy atom. The van der Waals surface area contributed by atoms with Gasteiger partial charge in [0.2, 0.25) is 0 Å². The second-order valence-corrected chi connectivity index (χ2v) is 5.36. The van der Waals surface area contributed by atoms with Crippen LogP contribution in [-0.2, 0) is 6.54 Å². The van der Waals surface area contributed by atoms with Crippen molar-refractivity contribution in [1.29, 1.82) is 0 Å². The van der Waals surface area contributed by atoms with Crippen molar-refractivity contribution in [2.75, 3.05) is 23.7 Å². The highest BCUT2D eigenvalue weighted by Crippen LogP contribution is 2.31. The minimum absolute atomic E-state index is 0.866. The number of rotatable bonds is 4. The van der Waals surface area contributed by atoms with Crippen LogP contribution in [0, 0.1) is 12.8 Å². The van der Waals surface area contributed by atoms with Crippen molar-refractivity contribution in [3.63, 3.8) is 0 Å². The molecule has 0 aromatic carbocycles. The van der Waals surface area contributed by atoms with Gasteiger partial charge in [0.1, 0.15) is 0 Å². The van der Waals surface area contributed by atoms with Crippen LogP contribution in [0.1, 0.15) is 45.2 Å². The molecule has 0 amide bonds. The van der Waals surface area contributed by atoms with Gasteiger partial charge in [-0.2, -0.15) is 5.10 Å². The zero-order valence-electron chi connectivity index (χ0n) is 11.9. The molecule has 0 spiro atoms. The van der Waals surface area contributed by atoms with Crippen molar-refractivity contribution < 1.29 is 0 Å². The van der Waals surface area contributed by atoms with E-state index in [0.717, 1.165) is 42.8 Å². The molecule has 0 atom stereocenters. The predicted molar refractivity (Wildman–Crippen MR) is 76.9 cm³/mol. The molecule has 1 saturated heterocycles. The largest absolute Gasteiger partial charge is 0.394 e. The summed E-state index contributed by atoms with van der Waals surface area (Å²) in [5.74, 6) is 2.05. The predicted octanol–water partition coefficient (Wildman–Crippen LogP) is 2.81. The van der Waals surface area contributed by atoms with Crippen LogP contribution in [0.25, 0.3) is 0 Å². The van der Waals surface area contributed by atoms with Crippen LogP contribution in [0.5, 0.6) is 0 Å². The van der Waals surface area contributed by atoms with Crippen LogP contribution in [0.15, 0.2) is 0 Å². The quantitative estimate of drug-likeness (QED) is 0.894. The van der Waals surface area contributed by atoms with Crippen molar-refractivity contribution in [1.82, 2.24) is 9.78 Å². The summed E-state index contributed by atoms with van der Waals surface area (Å²) in [6.45, 7) is 9.54. The number of piperidine rings is 1. The van der Waals surface area contributed by atoms with Crippen LogP contribution in [0.3, 0.4) is 0 Å². The molecule has 1 aromatic rings. The summed E-state index contributed by atoms with van der Waals surface area (Å²) in [5, 5.41) is 4.51. The summed E-state index contributed by atoms with van der Waals surface area (Å²) >= 11 is 0. The fraction of sp³-hybridized carbons (Fsp3) is 0.786. The van der Waals surface area contributed by atoms with Crippen molar-refractivity contribution in [2.45, 2.75) is 53.0 Å². The second-order valence-electron chi connectivity index (χ2n) is 5.36. The summed E-state index contributed by atoms with van der Waals surface area (Å²) in [6, 6.07) is 0. The molecule has 102 valence electrons. The molecule has 4 heteroatoms. The summed E-state index contributed by atoms with van der Waals surface area (Å²) in [5.41, 5.74) is 8.01. The lowest BCUT2D eigenvalue weighted by atomic mass is 9.92. The standard InChI is InChI=1S/C14H26N4/c1-4-6-12-7-9-17(10-8-12)14-13(15)11(3)16-18(14)5-2/h12H,4-10,15H2,1-3H3. The Hall–Kier alpha value is -1.19. The molecule has 1 aliphatic rings. The highest BCUT2D eigenvalue weighted by molar-refractivity contribution is 5.66. The maximum Gasteiger partial charge on any atom is 0.150 e. The fourth-order valence-corrected chi connectivity index (χ4v) is 2.98. The first-order chi connectivity index (χ1) is 8.67. The molecule has 18 heavy (non-hydrogen) atoms. The molecule has 0 saturated carbocycles. The summed E-state index contributed by atoms with van der Waals surface area (Å²) in [7, 11) is 0. The Balaban J connectivity index is 2.09. The Morgan fingerprint density at radius 3 is 2.50 bits per heavy atom. The van der Waals surface area contributed by atoms with Gasteiger partial charge in [-0.3, -0.25) is 0 Å². The van der Waals surface area contributed by atoms with Gasteiger partial charge in [-0.15, -0.1) is 0 Å². The molecular formula is C14H26N4. The Kier molecular flexibility index (Phi) is 4.15. The monoisotopic (exact) mass is 250 g/mol. The van der Waals surface area contributed by atoms with Crippen LogP contribution >= 0.6 is 0 Å². The van der Waals surface area contributed by atoms with Crippen LogP contribution in [0.4, 0.5) is 11.5 Å². The van der Waals surface area contributed by atoms with E-state index in [0.29, 0.717) is 0 Å². The van der Waals surface area contributed by atoms with E-state index < -0.39 is 0 Å². The Labute approximate surface area is 110 Å². The maximum absolute atomic E-state index is 6.18. The molecule has 1 aromatic heterocycles. The number of nitrogens with zero attached hydrogens (tertiary/aromatic N) is 3. The fourth-order valence-electron chi connectivity index (χ4n) is 2.98. The average molecular weight is 250 g/mol. The molecule has 2 N–H and O–H groups in total. The normalized spacial score (nSPS) is 17.4. The zero-order chi connectivity index (χ0) is 13.1. The third kappa shape index (κ3) is 2.47. The Bertz CT molecular complexity index is 389. The number of nitrogen functional groups attached to an aromatic ring is 1. The van der Waals surface area contributed by atoms with E-state index in [4.69, 9.17) is 5.73 Å². The highest BCUT2D eigenvalue weighted by Gasteiger charge is 2.23. The third-order valence-electron chi connectivity index (χ3n) is 4.06. The van der Waals surface area contributed by atoms with E-state index in [1.54, 1.807) is 0 Å². The first-order valence-corrected chi connectivity index (χ1v) is 7.25. The number of nitrogens with two attached hydrogens (primary N) is 1. The van der Waals surface area contributed by atoms with Gasteiger partial charge in [0, 0.05) is 19.6 Å². The summed E-state index contributed by atoms with van der Waals surface area (Å²) in [6.07, 6.45) is 5.26. The van der Waals surface area contributed by atoms with Crippen LogP contribution < -0.4 is 10.6 Å². The molecular weight excluding hydrogens is 224 g/mol. The van der Waals surface area contributed by atoms with Gasteiger partial charge in [-0.25, -0.2) is 4.68 Å². The van der Waals surface area contributed by atoms with E-state index >= 15 is 0 Å². The van der Waals surface area contributed by atoms with E-state index in [1.807, 2.05) is 11.6 Å². The van der Waals surface area contributed by atoms with Gasteiger partial charge < -0.3 is 10.6 Å². The van der Waals surface area contributed by atoms with Crippen molar-refractivity contribution in [3.8, 4) is 0 Å². The number of anilines is 2. The molecule has 2 heterocycles. The highest BCUT2D eigenvalue weighted by atomic mass is 15.4. The van der Waals surface area contributed by atoms with Crippen molar-refractivity contribution >= 4 is 11.5 Å². The second kappa shape index (κ2) is 5.63. The first-order valence-electron chi connectivity index (χ1n) is 7.25. The molecule has 4 nitrogen and oxygen atoms in total. The minimum Gasteiger partial charge on any atom is -0.394 e. The summed E-state index contributed by atoms with van der Waals surface area (Å²) in [4.78, 5) is 2.42. The zero-order valence-corrected chi connectivity index (χ0v) is 11.9. The third-order valence-corrected chi connectivity index (χ3v) is 4.06. The van der Waals surface area contributed by atoms with E-state index in [2.05, 4.69) is 23.8 Å². The molecule has 1 aliphatic heterocycles. The maximum atomic E-state index is 6.18. The SMILES string of the molecule is CCCC1CCN(c2c(N)c(C)nn2CC)CC1. The number of aromatic nitrogens is 2. The number of aryl methyl sites for hydroxylation is 2. The van der Waals surface area contributed by atoms with Gasteiger partial charge in [0.15, 0.2) is 5.82 Å². The van der Waals surface area contributed by atoms with Gasteiger partial charge in [0.05, 0.1) is 11.4 Å². The lowest BCUT2D eigenvalue weighted by molar-refractivity contribution is 0.375. The van der Waals surface area contributed by atoms with Crippen LogP contribution in [-0.4, -0.2) is 22.9 Å². The number of hydrogen-bond donors (Lipinski definition) is 1. The van der Waals surface area contributed by atoms with E-state index in [-0.39, 0.29) is 0 Å². The molecule has 2 rings (SSSR count). The lowest BCUT2D eigenvalue weighted by Crippen LogP contribution is -2.35.